The van der Waals surface area contributed by atoms with Gasteiger partial charge in [0.15, 0.2) is 0 Å². The first-order valence-electron chi connectivity index (χ1n) is 7.18. The lowest BCUT2D eigenvalue weighted by molar-refractivity contribution is -0.122. The number of pyridine rings is 1. The molecule has 2 aromatic rings. The van der Waals surface area contributed by atoms with Gasteiger partial charge in [-0.2, -0.15) is 0 Å². The molecule has 3 rings (SSSR count). The first-order valence-corrected chi connectivity index (χ1v) is 7.18. The van der Waals surface area contributed by atoms with Gasteiger partial charge in [-0.1, -0.05) is 31.2 Å². The van der Waals surface area contributed by atoms with E-state index >= 15 is 0 Å². The van der Waals surface area contributed by atoms with Gasteiger partial charge in [-0.3, -0.25) is 4.79 Å². The van der Waals surface area contributed by atoms with Gasteiger partial charge in [-0.15, -0.1) is 0 Å². The first-order chi connectivity index (χ1) is 10.2. The van der Waals surface area contributed by atoms with E-state index in [1.54, 1.807) is 6.20 Å². The second kappa shape index (κ2) is 5.95. The molecular weight excluding hydrogens is 264 g/mol. The second-order valence-electron chi connectivity index (χ2n) is 5.46. The summed E-state index contributed by atoms with van der Waals surface area (Å²) in [5, 5.41) is 2.94. The Labute approximate surface area is 124 Å². The van der Waals surface area contributed by atoms with Gasteiger partial charge in [-0.05, 0) is 30.0 Å². The molecule has 0 spiro atoms. The highest BCUT2D eigenvalue weighted by Crippen LogP contribution is 2.37. The van der Waals surface area contributed by atoms with Crippen LogP contribution in [0.1, 0.15) is 18.9 Å². The summed E-state index contributed by atoms with van der Waals surface area (Å²) < 4.78 is 5.62. The number of nitrogens with one attached hydrogen (secondary N) is 1. The maximum Gasteiger partial charge on any atom is 0.223 e. The Morgan fingerprint density at radius 1 is 1.29 bits per heavy atom. The minimum absolute atomic E-state index is 0.145. The highest BCUT2D eigenvalue weighted by molar-refractivity contribution is 5.81. The third kappa shape index (κ3) is 3.60. The van der Waals surface area contributed by atoms with Crippen LogP contribution in [0.25, 0.3) is 0 Å². The number of benzene rings is 1. The van der Waals surface area contributed by atoms with Crippen molar-refractivity contribution in [2.45, 2.75) is 19.9 Å². The van der Waals surface area contributed by atoms with E-state index < -0.39 is 0 Å². The number of aromatic nitrogens is 1. The molecule has 2 atom stereocenters. The van der Waals surface area contributed by atoms with Crippen molar-refractivity contribution >= 4 is 5.91 Å². The number of hydrogen-bond donors (Lipinski definition) is 1. The summed E-state index contributed by atoms with van der Waals surface area (Å²) in [5.74, 6) is 2.19. The summed E-state index contributed by atoms with van der Waals surface area (Å²) in [7, 11) is 0. The molecule has 0 saturated heterocycles. The van der Waals surface area contributed by atoms with Crippen LogP contribution in [0.5, 0.6) is 11.6 Å². The fourth-order valence-corrected chi connectivity index (χ4v) is 2.19. The van der Waals surface area contributed by atoms with E-state index in [4.69, 9.17) is 4.74 Å². The summed E-state index contributed by atoms with van der Waals surface area (Å²) in [6, 6.07) is 13.3. The molecule has 0 unspecified atom stereocenters. The number of carbonyl (C=O) groups excluding carboxylic acids is 1. The van der Waals surface area contributed by atoms with E-state index in [9.17, 15) is 4.79 Å². The van der Waals surface area contributed by atoms with Crippen molar-refractivity contribution < 1.29 is 9.53 Å². The van der Waals surface area contributed by atoms with Gasteiger partial charge in [0.05, 0.1) is 0 Å². The maximum absolute atomic E-state index is 11.7. The molecular formula is C17H18N2O2. The normalized spacial score (nSPS) is 19.9. The Bertz CT molecular complexity index is 610. The predicted molar refractivity (Wildman–Crippen MR) is 79.9 cm³/mol. The van der Waals surface area contributed by atoms with Crippen molar-refractivity contribution in [1.82, 2.24) is 10.3 Å². The van der Waals surface area contributed by atoms with Crippen LogP contribution in [0.3, 0.4) is 0 Å². The Hall–Kier alpha value is -2.36. The zero-order valence-electron chi connectivity index (χ0n) is 12.0. The van der Waals surface area contributed by atoms with Crippen LogP contribution < -0.4 is 10.1 Å². The fraction of sp³-hybridized carbons (Fsp3) is 0.294. The summed E-state index contributed by atoms with van der Waals surface area (Å²) in [6.45, 7) is 2.61. The summed E-state index contributed by atoms with van der Waals surface area (Å²) in [5.41, 5.74) is 0.970. The number of hydrogen-bond acceptors (Lipinski definition) is 3. The average molecular weight is 282 g/mol. The molecule has 1 saturated carbocycles. The molecule has 4 heteroatoms. The molecule has 4 nitrogen and oxygen atoms in total. The van der Waals surface area contributed by atoms with Crippen LogP contribution in [-0.2, 0) is 11.3 Å². The lowest BCUT2D eigenvalue weighted by atomic mass is 10.2. The number of carbonyl (C=O) groups is 1. The predicted octanol–water partition coefficient (Wildman–Crippen LogP) is 3.15. The lowest BCUT2D eigenvalue weighted by Crippen LogP contribution is -2.24. The Balaban J connectivity index is 1.53. The highest BCUT2D eigenvalue weighted by Gasteiger charge is 2.38. The van der Waals surface area contributed by atoms with Crippen molar-refractivity contribution in [2.24, 2.45) is 11.8 Å². The molecule has 108 valence electrons. The van der Waals surface area contributed by atoms with Crippen LogP contribution in [0.15, 0.2) is 48.7 Å². The molecule has 1 heterocycles. The molecule has 0 aliphatic heterocycles. The standard InChI is InChI=1S/C17H18N2O2/c1-12-9-15(12)17(20)19-11-13-7-8-16(18-10-13)21-14-5-3-2-4-6-14/h2-8,10,12,15H,9,11H2,1H3,(H,19,20)/t12-,15-/m0/s1. The maximum atomic E-state index is 11.7. The summed E-state index contributed by atoms with van der Waals surface area (Å²) in [6.07, 6.45) is 2.74. The minimum Gasteiger partial charge on any atom is -0.439 e. The zero-order valence-corrected chi connectivity index (χ0v) is 12.0. The van der Waals surface area contributed by atoms with Gasteiger partial charge in [0.1, 0.15) is 5.75 Å². The quantitative estimate of drug-likeness (QED) is 0.916. The Morgan fingerprint density at radius 2 is 2.05 bits per heavy atom. The smallest absolute Gasteiger partial charge is 0.223 e. The third-order valence-electron chi connectivity index (χ3n) is 3.68. The van der Waals surface area contributed by atoms with Crippen LogP contribution in [0.2, 0.25) is 0 Å². The van der Waals surface area contributed by atoms with Gasteiger partial charge in [0, 0.05) is 24.7 Å². The van der Waals surface area contributed by atoms with E-state index in [1.807, 2.05) is 42.5 Å². The average Bonchev–Trinajstić information content (AvgIpc) is 3.24. The molecule has 21 heavy (non-hydrogen) atoms. The minimum atomic E-state index is 0.145. The van der Waals surface area contributed by atoms with Crippen molar-refractivity contribution in [2.75, 3.05) is 0 Å². The molecule has 0 radical (unpaired) electrons. The zero-order chi connectivity index (χ0) is 14.7. The van der Waals surface area contributed by atoms with E-state index in [-0.39, 0.29) is 11.8 Å². The van der Waals surface area contributed by atoms with E-state index in [0.29, 0.717) is 18.3 Å². The number of para-hydroxylation sites is 1. The van der Waals surface area contributed by atoms with Crippen LogP contribution in [-0.4, -0.2) is 10.9 Å². The Morgan fingerprint density at radius 3 is 2.67 bits per heavy atom. The number of amides is 1. The monoisotopic (exact) mass is 282 g/mol. The van der Waals surface area contributed by atoms with Crippen molar-refractivity contribution in [3.63, 3.8) is 0 Å². The molecule has 1 amide bonds. The van der Waals surface area contributed by atoms with Crippen LogP contribution in [0, 0.1) is 11.8 Å². The Kier molecular flexibility index (Phi) is 3.86. The third-order valence-corrected chi connectivity index (χ3v) is 3.68. The van der Waals surface area contributed by atoms with Gasteiger partial charge < -0.3 is 10.1 Å². The summed E-state index contributed by atoms with van der Waals surface area (Å²) in [4.78, 5) is 16.0. The van der Waals surface area contributed by atoms with E-state index in [2.05, 4.69) is 17.2 Å². The van der Waals surface area contributed by atoms with E-state index in [0.717, 1.165) is 17.7 Å². The number of nitrogens with zero attached hydrogens (tertiary/aromatic N) is 1. The molecule has 1 aromatic heterocycles. The SMILES string of the molecule is C[C@H]1C[C@@H]1C(=O)NCc1ccc(Oc2ccccc2)nc1. The van der Waals surface area contributed by atoms with Crippen molar-refractivity contribution in [3.05, 3.63) is 54.2 Å². The number of ether oxygens (including phenoxy) is 1. The van der Waals surface area contributed by atoms with Crippen LogP contribution >= 0.6 is 0 Å². The molecule has 1 aliphatic carbocycles. The molecule has 1 N–H and O–H groups in total. The first kappa shape index (κ1) is 13.6. The van der Waals surface area contributed by atoms with Crippen LogP contribution in [0.4, 0.5) is 0 Å². The summed E-state index contributed by atoms with van der Waals surface area (Å²) >= 11 is 0. The van der Waals surface area contributed by atoms with E-state index in [1.165, 1.54) is 0 Å². The highest BCUT2D eigenvalue weighted by atomic mass is 16.5. The molecule has 1 aliphatic rings. The van der Waals surface area contributed by atoms with Gasteiger partial charge in [0.25, 0.3) is 0 Å². The van der Waals surface area contributed by atoms with Gasteiger partial charge >= 0.3 is 0 Å². The van der Waals surface area contributed by atoms with Gasteiger partial charge in [0.2, 0.25) is 11.8 Å². The van der Waals surface area contributed by atoms with Gasteiger partial charge in [-0.25, -0.2) is 4.98 Å². The molecule has 0 bridgehead atoms. The van der Waals surface area contributed by atoms with Crippen molar-refractivity contribution in [1.29, 1.82) is 0 Å². The van der Waals surface area contributed by atoms with Crippen molar-refractivity contribution in [3.8, 4) is 11.6 Å². The lowest BCUT2D eigenvalue weighted by Gasteiger charge is -2.07. The largest absolute Gasteiger partial charge is 0.439 e. The fourth-order valence-electron chi connectivity index (χ4n) is 2.19. The second-order valence-corrected chi connectivity index (χ2v) is 5.46. The topological polar surface area (TPSA) is 51.2 Å². The number of rotatable bonds is 5. The molecule has 1 aromatic carbocycles. The molecule has 1 fully saturated rings.